The zero-order valence-electron chi connectivity index (χ0n) is 11.1. The van der Waals surface area contributed by atoms with Crippen LogP contribution in [0.1, 0.15) is 17.7 Å². The Morgan fingerprint density at radius 3 is 2.95 bits per heavy atom. The summed E-state index contributed by atoms with van der Waals surface area (Å²) in [4.78, 5) is 16.9. The minimum absolute atomic E-state index is 0.0235. The molecule has 0 fully saturated rings. The van der Waals surface area contributed by atoms with Crippen LogP contribution in [0.4, 0.5) is 0 Å². The van der Waals surface area contributed by atoms with E-state index in [4.69, 9.17) is 10.9 Å². The topological polar surface area (TPSA) is 104 Å². The van der Waals surface area contributed by atoms with E-state index in [0.29, 0.717) is 25.2 Å². The Hall–Kier alpha value is -2.15. The summed E-state index contributed by atoms with van der Waals surface area (Å²) in [5.41, 5.74) is 6.83. The third-order valence-electron chi connectivity index (χ3n) is 2.54. The van der Waals surface area contributed by atoms with E-state index in [9.17, 15) is 4.79 Å². The van der Waals surface area contributed by atoms with E-state index < -0.39 is 0 Å². The minimum atomic E-state index is -0.0235. The molecule has 0 radical (unpaired) electrons. The molecule has 19 heavy (non-hydrogen) atoms. The highest BCUT2D eigenvalue weighted by atomic mass is 16.4. The fourth-order valence-corrected chi connectivity index (χ4v) is 1.43. The van der Waals surface area contributed by atoms with Crippen molar-refractivity contribution in [3.63, 3.8) is 0 Å². The first kappa shape index (κ1) is 14.9. The van der Waals surface area contributed by atoms with Crippen LogP contribution in [0, 0.1) is 0 Å². The van der Waals surface area contributed by atoms with Gasteiger partial charge in [-0.1, -0.05) is 5.16 Å². The lowest BCUT2D eigenvalue weighted by Crippen LogP contribution is -2.26. The van der Waals surface area contributed by atoms with Gasteiger partial charge in [0.05, 0.1) is 0 Å². The SMILES string of the molecule is CN(C)C(=O)CCNCc1ccnc(C(N)=NO)c1. The van der Waals surface area contributed by atoms with Crippen LogP contribution in [-0.4, -0.2) is 47.5 Å². The Morgan fingerprint density at radius 1 is 1.58 bits per heavy atom. The van der Waals surface area contributed by atoms with Crippen molar-refractivity contribution in [3.8, 4) is 0 Å². The molecule has 1 amide bonds. The number of aromatic nitrogens is 1. The van der Waals surface area contributed by atoms with E-state index in [1.807, 2.05) is 6.07 Å². The molecule has 0 bridgehead atoms. The first-order valence-corrected chi connectivity index (χ1v) is 5.88. The molecule has 0 unspecified atom stereocenters. The fraction of sp³-hybridized carbons (Fsp3) is 0.417. The summed E-state index contributed by atoms with van der Waals surface area (Å²) in [6.07, 6.45) is 2.04. The average molecular weight is 265 g/mol. The second-order valence-electron chi connectivity index (χ2n) is 4.25. The number of hydrogen-bond acceptors (Lipinski definition) is 5. The van der Waals surface area contributed by atoms with Gasteiger partial charge in [-0.05, 0) is 17.7 Å². The Bertz CT molecular complexity index is 459. The van der Waals surface area contributed by atoms with Crippen molar-refractivity contribution in [3.05, 3.63) is 29.6 Å². The van der Waals surface area contributed by atoms with Gasteiger partial charge < -0.3 is 21.2 Å². The number of carbonyl (C=O) groups is 1. The van der Waals surface area contributed by atoms with Gasteiger partial charge in [-0.25, -0.2) is 0 Å². The quantitative estimate of drug-likeness (QED) is 0.216. The first-order valence-electron chi connectivity index (χ1n) is 5.88. The normalized spacial score (nSPS) is 11.4. The molecule has 0 aliphatic heterocycles. The largest absolute Gasteiger partial charge is 0.409 e. The van der Waals surface area contributed by atoms with Crippen LogP contribution < -0.4 is 11.1 Å². The number of nitrogens with zero attached hydrogens (tertiary/aromatic N) is 3. The summed E-state index contributed by atoms with van der Waals surface area (Å²) < 4.78 is 0. The van der Waals surface area contributed by atoms with Gasteiger partial charge in [0.15, 0.2) is 5.84 Å². The molecule has 1 rings (SSSR count). The van der Waals surface area contributed by atoms with E-state index in [0.717, 1.165) is 5.56 Å². The summed E-state index contributed by atoms with van der Waals surface area (Å²) in [5, 5.41) is 14.6. The Morgan fingerprint density at radius 2 is 2.32 bits per heavy atom. The maximum Gasteiger partial charge on any atom is 0.223 e. The maximum atomic E-state index is 11.4. The van der Waals surface area contributed by atoms with E-state index in [-0.39, 0.29) is 11.7 Å². The van der Waals surface area contributed by atoms with Crippen LogP contribution in [0.2, 0.25) is 0 Å². The Labute approximate surface area is 112 Å². The smallest absolute Gasteiger partial charge is 0.223 e. The van der Waals surface area contributed by atoms with Crippen LogP contribution in [0.5, 0.6) is 0 Å². The minimum Gasteiger partial charge on any atom is -0.409 e. The molecule has 7 nitrogen and oxygen atoms in total. The van der Waals surface area contributed by atoms with Crippen molar-refractivity contribution in [2.45, 2.75) is 13.0 Å². The molecule has 0 aromatic carbocycles. The number of amides is 1. The highest BCUT2D eigenvalue weighted by Crippen LogP contribution is 2.01. The van der Waals surface area contributed by atoms with Gasteiger partial charge in [0, 0.05) is 39.8 Å². The third-order valence-corrected chi connectivity index (χ3v) is 2.54. The van der Waals surface area contributed by atoms with E-state index in [1.165, 1.54) is 0 Å². The van der Waals surface area contributed by atoms with Gasteiger partial charge >= 0.3 is 0 Å². The standard InChI is InChI=1S/C12H19N5O2/c1-17(2)11(18)4-5-14-8-9-3-6-15-10(7-9)12(13)16-19/h3,6-7,14,19H,4-5,8H2,1-2H3,(H2,13,16). The molecule has 0 spiro atoms. The molecular formula is C12H19N5O2. The van der Waals surface area contributed by atoms with E-state index in [1.54, 1.807) is 31.3 Å². The number of nitrogens with two attached hydrogens (primary N) is 1. The number of hydrogen-bond donors (Lipinski definition) is 3. The number of oxime groups is 1. The highest BCUT2D eigenvalue weighted by molar-refractivity contribution is 5.95. The lowest BCUT2D eigenvalue weighted by atomic mass is 10.2. The van der Waals surface area contributed by atoms with Crippen LogP contribution in [0.25, 0.3) is 0 Å². The molecule has 1 heterocycles. The average Bonchev–Trinajstić information content (AvgIpc) is 2.42. The van der Waals surface area contributed by atoms with Crippen LogP contribution >= 0.6 is 0 Å². The molecule has 1 aromatic rings. The predicted octanol–water partition coefficient (Wildman–Crippen LogP) is -0.256. The van der Waals surface area contributed by atoms with Gasteiger partial charge in [0.2, 0.25) is 5.91 Å². The zero-order chi connectivity index (χ0) is 14.3. The number of rotatable bonds is 6. The summed E-state index contributed by atoms with van der Waals surface area (Å²) in [6, 6.07) is 3.56. The lowest BCUT2D eigenvalue weighted by Gasteiger charge is -2.10. The molecule has 0 saturated carbocycles. The Kier molecular flexibility index (Phi) is 5.74. The van der Waals surface area contributed by atoms with Gasteiger partial charge in [-0.3, -0.25) is 9.78 Å². The molecule has 0 atom stereocenters. The predicted molar refractivity (Wildman–Crippen MR) is 71.8 cm³/mol. The van der Waals surface area contributed by atoms with Crippen LogP contribution in [0.3, 0.4) is 0 Å². The highest BCUT2D eigenvalue weighted by Gasteiger charge is 2.04. The van der Waals surface area contributed by atoms with Gasteiger partial charge in [0.25, 0.3) is 0 Å². The fourth-order valence-electron chi connectivity index (χ4n) is 1.43. The van der Waals surface area contributed by atoms with E-state index >= 15 is 0 Å². The van der Waals surface area contributed by atoms with Gasteiger partial charge in [-0.15, -0.1) is 0 Å². The molecule has 1 aromatic heterocycles. The molecule has 104 valence electrons. The van der Waals surface area contributed by atoms with Crippen molar-refractivity contribution in [2.24, 2.45) is 10.9 Å². The second-order valence-corrected chi connectivity index (χ2v) is 4.25. The van der Waals surface area contributed by atoms with Gasteiger partial charge in [-0.2, -0.15) is 0 Å². The number of nitrogens with one attached hydrogen (secondary N) is 1. The summed E-state index contributed by atoms with van der Waals surface area (Å²) >= 11 is 0. The van der Waals surface area contributed by atoms with Crippen molar-refractivity contribution in [1.29, 1.82) is 0 Å². The molecule has 0 aliphatic carbocycles. The van der Waals surface area contributed by atoms with Crippen LogP contribution in [-0.2, 0) is 11.3 Å². The second kappa shape index (κ2) is 7.32. The lowest BCUT2D eigenvalue weighted by molar-refractivity contribution is -0.128. The maximum absolute atomic E-state index is 11.4. The van der Waals surface area contributed by atoms with E-state index in [2.05, 4.69) is 15.5 Å². The summed E-state index contributed by atoms with van der Waals surface area (Å²) in [5.74, 6) is 0.0595. The van der Waals surface area contributed by atoms with Gasteiger partial charge in [0.1, 0.15) is 5.69 Å². The first-order chi connectivity index (χ1) is 9.04. The molecule has 0 aliphatic rings. The van der Waals surface area contributed by atoms with Crippen LogP contribution in [0.15, 0.2) is 23.5 Å². The van der Waals surface area contributed by atoms with Crippen molar-refractivity contribution < 1.29 is 10.0 Å². The number of pyridine rings is 1. The zero-order valence-corrected chi connectivity index (χ0v) is 11.1. The van der Waals surface area contributed by atoms with Crippen molar-refractivity contribution in [1.82, 2.24) is 15.2 Å². The number of amidine groups is 1. The molecule has 7 heteroatoms. The molecule has 0 saturated heterocycles. The summed E-state index contributed by atoms with van der Waals surface area (Å²) in [7, 11) is 3.46. The molecule has 4 N–H and O–H groups in total. The number of carbonyl (C=O) groups excluding carboxylic acids is 1. The monoisotopic (exact) mass is 265 g/mol. The Balaban J connectivity index is 2.44. The van der Waals surface area contributed by atoms with Crippen molar-refractivity contribution >= 4 is 11.7 Å². The van der Waals surface area contributed by atoms with Crippen molar-refractivity contribution in [2.75, 3.05) is 20.6 Å². The third kappa shape index (κ3) is 4.92. The molecular weight excluding hydrogens is 246 g/mol. The summed E-state index contributed by atoms with van der Waals surface area (Å²) in [6.45, 7) is 1.19.